The molecule has 0 bridgehead atoms. The number of aliphatic hydroxyl groups is 1. The third kappa shape index (κ3) is 9.97. The van der Waals surface area contributed by atoms with Crippen molar-refractivity contribution in [1.82, 2.24) is 0 Å². The van der Waals surface area contributed by atoms with Crippen LogP contribution in [0.1, 0.15) is 65.2 Å². The number of aliphatic hydroxyl groups excluding tert-OH is 1. The minimum Gasteiger partial charge on any atom is -0.393 e. The van der Waals surface area contributed by atoms with Crippen molar-refractivity contribution in [3.8, 4) is 0 Å². The molecule has 0 rings (SSSR count). The van der Waals surface area contributed by atoms with E-state index in [0.717, 1.165) is 44.9 Å². The summed E-state index contributed by atoms with van der Waals surface area (Å²) in [6, 6.07) is 0. The first kappa shape index (κ1) is 13.9. The molecule has 0 saturated heterocycles. The van der Waals surface area contributed by atoms with E-state index in [9.17, 15) is 9.50 Å². The van der Waals surface area contributed by atoms with Crippen molar-refractivity contribution in [1.29, 1.82) is 0 Å². The second-order valence-corrected chi connectivity index (χ2v) is 4.21. The molecule has 2 atom stereocenters. The van der Waals surface area contributed by atoms with E-state index in [4.69, 9.17) is 0 Å². The highest BCUT2D eigenvalue weighted by atomic mass is 19.1. The molecule has 0 saturated carbocycles. The topological polar surface area (TPSA) is 20.2 Å². The second kappa shape index (κ2) is 9.45. The molecule has 0 aromatic rings. The van der Waals surface area contributed by atoms with Gasteiger partial charge in [0, 0.05) is 0 Å². The Morgan fingerprint density at radius 1 is 1.00 bits per heavy atom. The van der Waals surface area contributed by atoms with Crippen LogP contribution < -0.4 is 0 Å². The van der Waals surface area contributed by atoms with Crippen molar-refractivity contribution in [2.45, 2.75) is 77.5 Å². The van der Waals surface area contributed by atoms with Crippen LogP contribution in [0.15, 0.2) is 0 Å². The molecule has 0 heterocycles. The molecule has 1 N–H and O–H groups in total. The number of unbranched alkanes of at least 4 members (excludes halogenated alkanes) is 3. The molecule has 0 aromatic carbocycles. The lowest BCUT2D eigenvalue weighted by Crippen LogP contribution is -2.05. The first-order valence-electron chi connectivity index (χ1n) is 5.99. The van der Waals surface area contributed by atoms with Gasteiger partial charge < -0.3 is 5.11 Å². The maximum Gasteiger partial charge on any atom is 0.0973 e. The third-order valence-corrected chi connectivity index (χ3v) is 2.51. The van der Waals surface area contributed by atoms with Crippen LogP contribution in [0.2, 0.25) is 0 Å². The van der Waals surface area contributed by atoms with E-state index in [1.807, 2.05) is 0 Å². The van der Waals surface area contributed by atoms with Crippen LogP contribution in [0.4, 0.5) is 4.39 Å². The molecule has 0 aliphatic carbocycles. The van der Waals surface area contributed by atoms with Gasteiger partial charge in [0.15, 0.2) is 0 Å². The number of rotatable bonds is 9. The zero-order valence-electron chi connectivity index (χ0n) is 9.64. The lowest BCUT2D eigenvalue weighted by Gasteiger charge is -2.08. The van der Waals surface area contributed by atoms with E-state index in [-0.39, 0.29) is 6.10 Å². The molecule has 0 spiro atoms. The zero-order valence-corrected chi connectivity index (χ0v) is 9.64. The van der Waals surface area contributed by atoms with E-state index >= 15 is 0 Å². The van der Waals surface area contributed by atoms with Crippen molar-refractivity contribution >= 4 is 0 Å². The Bertz CT molecular complexity index is 115. The van der Waals surface area contributed by atoms with Crippen molar-refractivity contribution in [2.24, 2.45) is 0 Å². The predicted molar refractivity (Wildman–Crippen MR) is 59.2 cm³/mol. The molecule has 86 valence electrons. The molecular weight excluding hydrogens is 179 g/mol. The Hall–Kier alpha value is -0.110. The highest BCUT2D eigenvalue weighted by Crippen LogP contribution is 2.11. The van der Waals surface area contributed by atoms with Gasteiger partial charge in [-0.1, -0.05) is 39.0 Å². The van der Waals surface area contributed by atoms with Gasteiger partial charge >= 0.3 is 0 Å². The van der Waals surface area contributed by atoms with Crippen LogP contribution in [0, 0.1) is 0 Å². The van der Waals surface area contributed by atoms with E-state index < -0.39 is 6.17 Å². The summed E-state index contributed by atoms with van der Waals surface area (Å²) in [7, 11) is 0. The van der Waals surface area contributed by atoms with Crippen molar-refractivity contribution in [3.05, 3.63) is 0 Å². The highest BCUT2D eigenvalue weighted by molar-refractivity contribution is 4.55. The van der Waals surface area contributed by atoms with Gasteiger partial charge in [0.05, 0.1) is 12.3 Å². The number of hydrogen-bond donors (Lipinski definition) is 1. The summed E-state index contributed by atoms with van der Waals surface area (Å²) in [5.74, 6) is 0. The van der Waals surface area contributed by atoms with E-state index in [0.29, 0.717) is 6.42 Å². The van der Waals surface area contributed by atoms with Crippen LogP contribution in [-0.4, -0.2) is 17.4 Å². The maximum absolute atomic E-state index is 12.4. The van der Waals surface area contributed by atoms with Gasteiger partial charge in [-0.3, -0.25) is 0 Å². The Morgan fingerprint density at radius 2 is 1.57 bits per heavy atom. The minimum absolute atomic E-state index is 0.111. The van der Waals surface area contributed by atoms with Crippen LogP contribution in [0.25, 0.3) is 0 Å². The normalized spacial score (nSPS) is 15.4. The van der Waals surface area contributed by atoms with Gasteiger partial charge in [-0.2, -0.15) is 0 Å². The molecule has 1 nitrogen and oxygen atoms in total. The molecule has 2 unspecified atom stereocenters. The molecular formula is C12H25FO. The summed E-state index contributed by atoms with van der Waals surface area (Å²) in [6.07, 6.45) is 7.13. The average molecular weight is 204 g/mol. The van der Waals surface area contributed by atoms with Crippen molar-refractivity contribution in [2.75, 3.05) is 0 Å². The molecule has 0 radical (unpaired) electrons. The SMILES string of the molecule is CCCC(O)CCCCCCC(C)F. The fraction of sp³-hybridized carbons (Fsp3) is 1.00. The zero-order chi connectivity index (χ0) is 10.8. The van der Waals surface area contributed by atoms with Crippen molar-refractivity contribution in [3.63, 3.8) is 0 Å². The molecule has 0 aliphatic rings. The Kier molecular flexibility index (Phi) is 9.37. The Morgan fingerprint density at radius 3 is 2.07 bits per heavy atom. The molecule has 0 aliphatic heterocycles. The van der Waals surface area contributed by atoms with Crippen LogP contribution in [0.3, 0.4) is 0 Å². The van der Waals surface area contributed by atoms with Crippen LogP contribution in [0.5, 0.6) is 0 Å². The van der Waals surface area contributed by atoms with Gasteiger partial charge in [0.25, 0.3) is 0 Å². The summed E-state index contributed by atoms with van der Waals surface area (Å²) in [5.41, 5.74) is 0. The third-order valence-electron chi connectivity index (χ3n) is 2.51. The summed E-state index contributed by atoms with van der Waals surface area (Å²) < 4.78 is 12.4. The quantitative estimate of drug-likeness (QED) is 0.566. The first-order valence-corrected chi connectivity index (χ1v) is 5.99. The first-order chi connectivity index (χ1) is 6.66. The molecule has 0 fully saturated rings. The highest BCUT2D eigenvalue weighted by Gasteiger charge is 2.02. The number of halogens is 1. The minimum atomic E-state index is -0.652. The summed E-state index contributed by atoms with van der Waals surface area (Å²) >= 11 is 0. The second-order valence-electron chi connectivity index (χ2n) is 4.21. The summed E-state index contributed by atoms with van der Waals surface area (Å²) in [6.45, 7) is 3.71. The van der Waals surface area contributed by atoms with Crippen LogP contribution in [-0.2, 0) is 0 Å². The lowest BCUT2D eigenvalue weighted by atomic mass is 10.0. The van der Waals surface area contributed by atoms with E-state index in [1.54, 1.807) is 6.92 Å². The molecule has 0 aromatic heterocycles. The average Bonchev–Trinajstić information content (AvgIpc) is 2.11. The van der Waals surface area contributed by atoms with Crippen molar-refractivity contribution < 1.29 is 9.50 Å². The van der Waals surface area contributed by atoms with Gasteiger partial charge in [0.1, 0.15) is 0 Å². The van der Waals surface area contributed by atoms with E-state index in [2.05, 4.69) is 6.92 Å². The molecule has 2 heteroatoms. The van der Waals surface area contributed by atoms with Gasteiger partial charge in [-0.05, 0) is 26.2 Å². The number of alkyl halides is 1. The predicted octanol–water partition coefficient (Wildman–Crippen LogP) is 3.85. The number of hydrogen-bond acceptors (Lipinski definition) is 1. The van der Waals surface area contributed by atoms with Crippen LogP contribution >= 0.6 is 0 Å². The molecule has 0 amide bonds. The lowest BCUT2D eigenvalue weighted by molar-refractivity contribution is 0.150. The maximum atomic E-state index is 12.4. The monoisotopic (exact) mass is 204 g/mol. The smallest absolute Gasteiger partial charge is 0.0973 e. The standard InChI is InChI=1S/C12H25FO/c1-3-8-12(14)10-7-5-4-6-9-11(2)13/h11-12,14H,3-10H2,1-2H3. The fourth-order valence-electron chi connectivity index (χ4n) is 1.64. The molecule has 14 heavy (non-hydrogen) atoms. The van der Waals surface area contributed by atoms with Gasteiger partial charge in [-0.25, -0.2) is 4.39 Å². The van der Waals surface area contributed by atoms with E-state index in [1.165, 1.54) is 0 Å². The summed E-state index contributed by atoms with van der Waals surface area (Å²) in [4.78, 5) is 0. The van der Waals surface area contributed by atoms with Gasteiger partial charge in [0.2, 0.25) is 0 Å². The Balaban J connectivity index is 3.05. The van der Waals surface area contributed by atoms with Gasteiger partial charge in [-0.15, -0.1) is 0 Å². The Labute approximate surface area is 87.7 Å². The largest absolute Gasteiger partial charge is 0.393 e. The fourth-order valence-corrected chi connectivity index (χ4v) is 1.64. The summed E-state index contributed by atoms with van der Waals surface area (Å²) in [5, 5.41) is 9.43.